The van der Waals surface area contributed by atoms with Crippen molar-refractivity contribution in [2.75, 3.05) is 19.3 Å². The van der Waals surface area contributed by atoms with Crippen molar-refractivity contribution in [2.24, 2.45) is 0 Å². The number of ether oxygens (including phenoxy) is 1. The molecule has 2 aromatic carbocycles. The molecule has 0 saturated heterocycles. The van der Waals surface area contributed by atoms with E-state index < -0.39 is 16.6 Å². The average Bonchev–Trinajstić information content (AvgIpc) is 2.50. The SMILES string of the molecule is CS(=O)(=O)NCCCNCc1c(OC(F)F)ccc2ccccc12. The van der Waals surface area contributed by atoms with Gasteiger partial charge in [-0.25, -0.2) is 13.1 Å². The largest absolute Gasteiger partial charge is 0.434 e. The molecule has 132 valence electrons. The Bertz CT molecular complexity index is 782. The molecule has 0 aromatic heterocycles. The van der Waals surface area contributed by atoms with E-state index >= 15 is 0 Å². The van der Waals surface area contributed by atoms with Gasteiger partial charge in [0.2, 0.25) is 10.0 Å². The lowest BCUT2D eigenvalue weighted by Gasteiger charge is -2.14. The van der Waals surface area contributed by atoms with Gasteiger partial charge in [-0.05, 0) is 29.8 Å². The first kappa shape index (κ1) is 18.6. The van der Waals surface area contributed by atoms with Crippen LogP contribution >= 0.6 is 0 Å². The van der Waals surface area contributed by atoms with Crippen molar-refractivity contribution in [3.05, 3.63) is 42.0 Å². The van der Waals surface area contributed by atoms with Gasteiger partial charge in [-0.2, -0.15) is 8.78 Å². The summed E-state index contributed by atoms with van der Waals surface area (Å²) < 4.78 is 54.1. The number of alkyl halides is 2. The highest BCUT2D eigenvalue weighted by atomic mass is 32.2. The second-order valence-electron chi connectivity index (χ2n) is 5.34. The molecular weight excluding hydrogens is 338 g/mol. The van der Waals surface area contributed by atoms with E-state index in [4.69, 9.17) is 0 Å². The van der Waals surface area contributed by atoms with Crippen LogP contribution in [0.4, 0.5) is 8.78 Å². The second kappa shape index (κ2) is 8.36. The van der Waals surface area contributed by atoms with E-state index in [-0.39, 0.29) is 5.75 Å². The first-order chi connectivity index (χ1) is 11.4. The molecule has 0 atom stereocenters. The molecule has 0 aliphatic heterocycles. The van der Waals surface area contributed by atoms with Crippen LogP contribution in [0.25, 0.3) is 10.8 Å². The molecule has 24 heavy (non-hydrogen) atoms. The fourth-order valence-electron chi connectivity index (χ4n) is 2.39. The van der Waals surface area contributed by atoms with E-state index in [9.17, 15) is 17.2 Å². The second-order valence-corrected chi connectivity index (χ2v) is 7.17. The van der Waals surface area contributed by atoms with Crippen molar-refractivity contribution < 1.29 is 21.9 Å². The third-order valence-electron chi connectivity index (χ3n) is 3.41. The average molecular weight is 358 g/mol. The highest BCUT2D eigenvalue weighted by Gasteiger charge is 2.12. The van der Waals surface area contributed by atoms with Gasteiger partial charge in [-0.15, -0.1) is 0 Å². The van der Waals surface area contributed by atoms with Crippen molar-refractivity contribution in [1.29, 1.82) is 0 Å². The van der Waals surface area contributed by atoms with Gasteiger partial charge in [0, 0.05) is 18.7 Å². The molecule has 2 N–H and O–H groups in total. The number of hydrogen-bond acceptors (Lipinski definition) is 4. The Morgan fingerprint density at radius 3 is 2.58 bits per heavy atom. The Kier molecular flexibility index (Phi) is 6.47. The lowest BCUT2D eigenvalue weighted by atomic mass is 10.0. The number of halogens is 2. The van der Waals surface area contributed by atoms with Crippen molar-refractivity contribution in [1.82, 2.24) is 10.0 Å². The minimum absolute atomic E-state index is 0.144. The molecule has 0 amide bonds. The van der Waals surface area contributed by atoms with Crippen molar-refractivity contribution in [3.8, 4) is 5.75 Å². The number of nitrogens with one attached hydrogen (secondary N) is 2. The van der Waals surface area contributed by atoms with Gasteiger partial charge in [0.05, 0.1) is 6.26 Å². The minimum Gasteiger partial charge on any atom is -0.434 e. The van der Waals surface area contributed by atoms with Crippen LogP contribution in [0.1, 0.15) is 12.0 Å². The number of sulfonamides is 1. The van der Waals surface area contributed by atoms with Crippen molar-refractivity contribution in [2.45, 2.75) is 19.6 Å². The molecule has 0 saturated carbocycles. The summed E-state index contributed by atoms with van der Waals surface area (Å²) >= 11 is 0. The molecule has 8 heteroatoms. The first-order valence-corrected chi connectivity index (χ1v) is 9.37. The van der Waals surface area contributed by atoms with Crippen LogP contribution in [0.5, 0.6) is 5.75 Å². The fourth-order valence-corrected chi connectivity index (χ4v) is 2.90. The minimum atomic E-state index is -3.19. The van der Waals surface area contributed by atoms with Crippen LogP contribution in [0.15, 0.2) is 36.4 Å². The molecule has 0 unspecified atom stereocenters. The maximum absolute atomic E-state index is 12.6. The van der Waals surface area contributed by atoms with Gasteiger partial charge in [-0.1, -0.05) is 30.3 Å². The van der Waals surface area contributed by atoms with Gasteiger partial charge in [0.15, 0.2) is 0 Å². The summed E-state index contributed by atoms with van der Waals surface area (Å²) in [7, 11) is -3.19. The third-order valence-corrected chi connectivity index (χ3v) is 4.14. The Morgan fingerprint density at radius 1 is 1.12 bits per heavy atom. The van der Waals surface area contributed by atoms with E-state index in [1.807, 2.05) is 24.3 Å². The molecule has 0 aliphatic rings. The molecule has 0 spiro atoms. The molecule has 5 nitrogen and oxygen atoms in total. The van der Waals surface area contributed by atoms with Crippen LogP contribution in [-0.2, 0) is 16.6 Å². The Balaban J connectivity index is 2.03. The number of hydrogen-bond donors (Lipinski definition) is 2. The van der Waals surface area contributed by atoms with Gasteiger partial charge in [-0.3, -0.25) is 0 Å². The van der Waals surface area contributed by atoms with Crippen LogP contribution in [0.2, 0.25) is 0 Å². The van der Waals surface area contributed by atoms with Crippen molar-refractivity contribution in [3.63, 3.8) is 0 Å². The van der Waals surface area contributed by atoms with E-state index in [2.05, 4.69) is 14.8 Å². The van der Waals surface area contributed by atoms with E-state index in [1.54, 1.807) is 6.07 Å². The van der Waals surface area contributed by atoms with Crippen molar-refractivity contribution >= 4 is 20.8 Å². The molecule has 0 aliphatic carbocycles. The first-order valence-electron chi connectivity index (χ1n) is 7.47. The van der Waals surface area contributed by atoms with Gasteiger partial charge in [0.25, 0.3) is 0 Å². The topological polar surface area (TPSA) is 67.4 Å². The standard InChI is InChI=1S/C16H20F2N2O3S/c1-24(21,22)20-10-4-9-19-11-14-13-6-3-2-5-12(13)7-8-15(14)23-16(17)18/h2-3,5-8,16,19-20H,4,9-11H2,1H3. The summed E-state index contributed by atoms with van der Waals surface area (Å²) in [5, 5.41) is 4.92. The molecular formula is C16H20F2N2O3S. The maximum Gasteiger partial charge on any atom is 0.387 e. The van der Waals surface area contributed by atoms with Crippen LogP contribution in [0, 0.1) is 0 Å². The molecule has 0 radical (unpaired) electrons. The van der Waals surface area contributed by atoms with Gasteiger partial charge < -0.3 is 10.1 Å². The van der Waals surface area contributed by atoms with E-state index in [1.165, 1.54) is 6.07 Å². The Morgan fingerprint density at radius 2 is 1.88 bits per heavy atom. The summed E-state index contributed by atoms with van der Waals surface area (Å²) in [5.41, 5.74) is 0.657. The van der Waals surface area contributed by atoms with E-state index in [0.717, 1.165) is 17.0 Å². The van der Waals surface area contributed by atoms with Crippen LogP contribution in [-0.4, -0.2) is 34.4 Å². The lowest BCUT2D eigenvalue weighted by Crippen LogP contribution is -2.26. The van der Waals surface area contributed by atoms with Gasteiger partial charge >= 0.3 is 6.61 Å². The zero-order valence-electron chi connectivity index (χ0n) is 13.3. The summed E-state index contributed by atoms with van der Waals surface area (Å²) in [5.74, 6) is 0.144. The zero-order chi connectivity index (χ0) is 17.6. The molecule has 2 aromatic rings. The molecule has 2 rings (SSSR count). The fraction of sp³-hybridized carbons (Fsp3) is 0.375. The quantitative estimate of drug-likeness (QED) is 0.676. The molecule has 0 heterocycles. The lowest BCUT2D eigenvalue weighted by molar-refractivity contribution is -0.0503. The number of fused-ring (bicyclic) bond motifs is 1. The van der Waals surface area contributed by atoms with Crippen LogP contribution in [0.3, 0.4) is 0 Å². The smallest absolute Gasteiger partial charge is 0.387 e. The Hall–Kier alpha value is -1.77. The monoisotopic (exact) mass is 358 g/mol. The Labute approximate surface area is 140 Å². The van der Waals surface area contributed by atoms with E-state index in [0.29, 0.717) is 31.6 Å². The normalized spacial score (nSPS) is 12.0. The van der Waals surface area contributed by atoms with Crippen LogP contribution < -0.4 is 14.8 Å². The summed E-state index contributed by atoms with van der Waals surface area (Å²) in [6.45, 7) is -1.67. The molecule has 0 fully saturated rings. The molecule has 0 bridgehead atoms. The third kappa shape index (κ3) is 5.70. The highest BCUT2D eigenvalue weighted by Crippen LogP contribution is 2.29. The van der Waals surface area contributed by atoms with Gasteiger partial charge in [0.1, 0.15) is 5.75 Å². The summed E-state index contributed by atoms with van der Waals surface area (Å²) in [6.07, 6.45) is 1.69. The maximum atomic E-state index is 12.6. The summed E-state index contributed by atoms with van der Waals surface area (Å²) in [6, 6.07) is 10.8. The highest BCUT2D eigenvalue weighted by molar-refractivity contribution is 7.88. The predicted molar refractivity (Wildman–Crippen MR) is 89.8 cm³/mol. The zero-order valence-corrected chi connectivity index (χ0v) is 14.1. The predicted octanol–water partition coefficient (Wildman–Crippen LogP) is 2.47. The number of benzene rings is 2. The summed E-state index contributed by atoms with van der Waals surface area (Å²) in [4.78, 5) is 0. The number of rotatable bonds is 9.